The van der Waals surface area contributed by atoms with Crippen LogP contribution in [0.3, 0.4) is 0 Å². The number of halogens is 3. The monoisotopic (exact) mass is 262 g/mol. The summed E-state index contributed by atoms with van der Waals surface area (Å²) in [6.07, 6.45) is -2.37. The zero-order valence-electron chi connectivity index (χ0n) is 10.7. The minimum absolute atomic E-state index is 0.0570. The van der Waals surface area contributed by atoms with Crippen molar-refractivity contribution >= 4 is 5.95 Å². The van der Waals surface area contributed by atoms with Gasteiger partial charge in [0.05, 0.1) is 0 Å². The van der Waals surface area contributed by atoms with Crippen LogP contribution in [-0.4, -0.2) is 30.6 Å². The molecule has 1 aromatic heterocycles. The van der Waals surface area contributed by atoms with E-state index in [9.17, 15) is 13.2 Å². The summed E-state index contributed by atoms with van der Waals surface area (Å²) in [4.78, 5) is 8.92. The molecule has 0 fully saturated rings. The molecule has 0 aliphatic rings. The summed E-state index contributed by atoms with van der Waals surface area (Å²) in [5.41, 5.74) is -0.800. The van der Waals surface area contributed by atoms with Gasteiger partial charge >= 0.3 is 6.18 Å². The van der Waals surface area contributed by atoms with E-state index in [0.29, 0.717) is 6.54 Å². The fraction of sp³-hybridized carbons (Fsp3) is 0.636. The van der Waals surface area contributed by atoms with E-state index in [0.717, 1.165) is 6.42 Å². The average Bonchev–Trinajstić information content (AvgIpc) is 2.28. The third kappa shape index (κ3) is 3.83. The van der Waals surface area contributed by atoms with Crippen molar-refractivity contribution in [3.63, 3.8) is 0 Å². The first kappa shape index (κ1) is 14.7. The topological polar surface area (TPSA) is 41.1 Å². The highest BCUT2D eigenvalue weighted by Gasteiger charge is 2.36. The number of hydrogen-bond acceptors (Lipinski definition) is 4. The zero-order valence-corrected chi connectivity index (χ0v) is 10.7. The number of rotatable bonds is 5. The number of hydrogen-bond donors (Lipinski definition) is 1. The Labute approximate surface area is 104 Å². The van der Waals surface area contributed by atoms with Crippen molar-refractivity contribution in [2.24, 2.45) is 0 Å². The normalized spacial score (nSPS) is 11.7. The van der Waals surface area contributed by atoms with Crippen LogP contribution in [0.2, 0.25) is 0 Å². The smallest absolute Gasteiger partial charge is 0.347 e. The Morgan fingerprint density at radius 3 is 2.50 bits per heavy atom. The molecule has 0 saturated heterocycles. The third-order valence-corrected chi connectivity index (χ3v) is 2.26. The molecule has 1 aromatic rings. The van der Waals surface area contributed by atoms with Crippen molar-refractivity contribution in [2.75, 3.05) is 25.5 Å². The summed E-state index contributed by atoms with van der Waals surface area (Å²) >= 11 is 0. The summed E-state index contributed by atoms with van der Waals surface area (Å²) in [5.74, 6) is 0.0570. The first-order chi connectivity index (χ1) is 8.36. The van der Waals surface area contributed by atoms with Crippen LogP contribution in [-0.2, 0) is 12.7 Å². The fourth-order valence-electron chi connectivity index (χ4n) is 1.39. The largest absolute Gasteiger partial charge is 0.433 e. The maximum Gasteiger partial charge on any atom is 0.433 e. The predicted molar refractivity (Wildman–Crippen MR) is 63.4 cm³/mol. The molecule has 0 radical (unpaired) electrons. The second-order valence-electron chi connectivity index (χ2n) is 4.11. The van der Waals surface area contributed by atoms with Crippen LogP contribution in [0.5, 0.6) is 0 Å². The molecule has 0 aromatic carbocycles. The van der Waals surface area contributed by atoms with Crippen LogP contribution < -0.4 is 10.2 Å². The molecule has 7 heteroatoms. The highest BCUT2D eigenvalue weighted by molar-refractivity contribution is 5.32. The standard InChI is InChI=1S/C11H17F3N4/c1-4-5-15-6-8-7-16-10(18(2)3)17-9(8)11(12,13)14/h7,15H,4-6H2,1-3H3. The van der Waals surface area contributed by atoms with Gasteiger partial charge < -0.3 is 10.2 Å². The Morgan fingerprint density at radius 1 is 1.33 bits per heavy atom. The summed E-state index contributed by atoms with van der Waals surface area (Å²) in [7, 11) is 3.20. The lowest BCUT2D eigenvalue weighted by Gasteiger charge is -2.16. The Morgan fingerprint density at radius 2 is 2.00 bits per heavy atom. The summed E-state index contributed by atoms with van der Waals surface area (Å²) in [5, 5.41) is 2.92. The van der Waals surface area contributed by atoms with Gasteiger partial charge in [-0.3, -0.25) is 0 Å². The van der Waals surface area contributed by atoms with Crippen molar-refractivity contribution in [1.29, 1.82) is 0 Å². The van der Waals surface area contributed by atoms with Gasteiger partial charge in [0.2, 0.25) is 5.95 Å². The zero-order chi connectivity index (χ0) is 13.8. The molecule has 0 aliphatic heterocycles. The molecule has 0 aliphatic carbocycles. The molecule has 4 nitrogen and oxygen atoms in total. The van der Waals surface area contributed by atoms with Crippen molar-refractivity contribution < 1.29 is 13.2 Å². The summed E-state index contributed by atoms with van der Waals surface area (Å²) in [6.45, 7) is 2.73. The van der Waals surface area contributed by atoms with Gasteiger partial charge in [-0.1, -0.05) is 6.92 Å². The first-order valence-corrected chi connectivity index (χ1v) is 5.67. The maximum atomic E-state index is 12.9. The van der Waals surface area contributed by atoms with Gasteiger partial charge in [0.1, 0.15) is 0 Å². The van der Waals surface area contributed by atoms with Crippen LogP contribution >= 0.6 is 0 Å². The van der Waals surface area contributed by atoms with E-state index in [1.807, 2.05) is 6.92 Å². The Hall–Kier alpha value is -1.37. The third-order valence-electron chi connectivity index (χ3n) is 2.26. The van der Waals surface area contributed by atoms with Gasteiger partial charge in [0.25, 0.3) is 0 Å². The van der Waals surface area contributed by atoms with E-state index in [4.69, 9.17) is 0 Å². The first-order valence-electron chi connectivity index (χ1n) is 5.67. The highest BCUT2D eigenvalue weighted by Crippen LogP contribution is 2.31. The number of alkyl halides is 3. The predicted octanol–water partition coefficient (Wildman–Crippen LogP) is 2.06. The molecule has 1 N–H and O–H groups in total. The van der Waals surface area contributed by atoms with Gasteiger partial charge in [0, 0.05) is 32.4 Å². The molecule has 102 valence electrons. The van der Waals surface area contributed by atoms with Gasteiger partial charge in [-0.25, -0.2) is 9.97 Å². The number of nitrogens with one attached hydrogen (secondary N) is 1. The van der Waals surface area contributed by atoms with E-state index in [1.54, 1.807) is 14.1 Å². The number of nitrogens with zero attached hydrogens (tertiary/aromatic N) is 3. The van der Waals surface area contributed by atoms with Gasteiger partial charge in [-0.05, 0) is 13.0 Å². The quantitative estimate of drug-likeness (QED) is 0.825. The molecule has 1 heterocycles. The van der Waals surface area contributed by atoms with E-state index in [-0.39, 0.29) is 18.1 Å². The molecule has 0 atom stereocenters. The maximum absolute atomic E-state index is 12.9. The molecule has 18 heavy (non-hydrogen) atoms. The lowest BCUT2D eigenvalue weighted by Crippen LogP contribution is -2.22. The summed E-state index contributed by atoms with van der Waals surface area (Å²) in [6, 6.07) is 0. The van der Waals surface area contributed by atoms with Crippen LogP contribution in [0, 0.1) is 0 Å². The Kier molecular flexibility index (Phi) is 4.89. The lowest BCUT2D eigenvalue weighted by atomic mass is 10.2. The Balaban J connectivity index is 3.02. The minimum atomic E-state index is -4.46. The van der Waals surface area contributed by atoms with Gasteiger partial charge in [-0.2, -0.15) is 13.2 Å². The number of aromatic nitrogens is 2. The van der Waals surface area contributed by atoms with Crippen molar-refractivity contribution in [1.82, 2.24) is 15.3 Å². The minimum Gasteiger partial charge on any atom is -0.347 e. The second kappa shape index (κ2) is 5.99. The molecule has 0 unspecified atom stereocenters. The number of anilines is 1. The molecular formula is C11H17F3N4. The SMILES string of the molecule is CCCNCc1cnc(N(C)C)nc1C(F)(F)F. The second-order valence-corrected chi connectivity index (χ2v) is 4.11. The fourth-order valence-corrected chi connectivity index (χ4v) is 1.39. The van der Waals surface area contributed by atoms with Crippen LogP contribution in [0.15, 0.2) is 6.20 Å². The average molecular weight is 262 g/mol. The van der Waals surface area contributed by atoms with E-state index in [2.05, 4.69) is 15.3 Å². The van der Waals surface area contributed by atoms with E-state index >= 15 is 0 Å². The summed E-state index contributed by atoms with van der Waals surface area (Å²) < 4.78 is 38.6. The van der Waals surface area contributed by atoms with Crippen LogP contribution in [0.25, 0.3) is 0 Å². The molecule has 0 amide bonds. The van der Waals surface area contributed by atoms with Crippen molar-refractivity contribution in [3.05, 3.63) is 17.5 Å². The van der Waals surface area contributed by atoms with E-state index in [1.165, 1.54) is 11.1 Å². The Bertz CT molecular complexity index is 390. The lowest BCUT2D eigenvalue weighted by molar-refractivity contribution is -0.141. The van der Waals surface area contributed by atoms with Crippen molar-refractivity contribution in [3.8, 4) is 0 Å². The molecule has 0 bridgehead atoms. The van der Waals surface area contributed by atoms with Crippen LogP contribution in [0.1, 0.15) is 24.6 Å². The van der Waals surface area contributed by atoms with Gasteiger partial charge in [0.15, 0.2) is 5.69 Å². The molecular weight excluding hydrogens is 245 g/mol. The van der Waals surface area contributed by atoms with Crippen LogP contribution in [0.4, 0.5) is 19.1 Å². The highest BCUT2D eigenvalue weighted by atomic mass is 19.4. The van der Waals surface area contributed by atoms with Gasteiger partial charge in [-0.15, -0.1) is 0 Å². The van der Waals surface area contributed by atoms with E-state index < -0.39 is 11.9 Å². The molecule has 0 saturated carbocycles. The van der Waals surface area contributed by atoms with Crippen molar-refractivity contribution in [2.45, 2.75) is 26.1 Å². The molecule has 0 spiro atoms. The molecule has 1 rings (SSSR count).